The largest absolute Gasteiger partial charge is 0.439 e. The van der Waals surface area contributed by atoms with Crippen LogP contribution >= 0.6 is 0 Å². The smallest absolute Gasteiger partial charge is 0.410 e. The number of carbonyl (C=O) groups excluding carboxylic acids is 5. The van der Waals surface area contributed by atoms with Gasteiger partial charge in [-0.15, -0.1) is 0 Å². The Kier molecular flexibility index (Phi) is 22.7. The summed E-state index contributed by atoms with van der Waals surface area (Å²) in [6.45, 7) is 17.2. The summed E-state index contributed by atoms with van der Waals surface area (Å²) >= 11 is 0. The number of rotatable bonds is 25. The van der Waals surface area contributed by atoms with Gasteiger partial charge in [-0.2, -0.15) is 0 Å². The molecule has 1 heterocycles. The SMILES string of the molecule is CC[C@H](C)[C@@H](C(CC(=O)N1CCC[C@H]1[C@H](OC)[C@@H](C)C(=O)N[C@H](C)C(OC(=O)N(C)CCCNC)c1ccccc1)OC)N(C)C(=O)[C@@H](NC(=O)C(C(C)C)N(C)C)C(C)C. The average molecular weight is 860 g/mol. The van der Waals surface area contributed by atoms with Gasteiger partial charge in [-0.05, 0) is 77.2 Å². The molecule has 0 aliphatic carbocycles. The Labute approximate surface area is 367 Å². The highest BCUT2D eigenvalue weighted by Gasteiger charge is 2.43. The number of carbonyl (C=O) groups is 5. The normalized spacial score (nSPS) is 18.7. The fourth-order valence-corrected chi connectivity index (χ4v) is 8.73. The molecular weight excluding hydrogens is 779 g/mol. The van der Waals surface area contributed by atoms with Gasteiger partial charge in [-0.3, -0.25) is 24.1 Å². The van der Waals surface area contributed by atoms with Crippen LogP contribution in [0, 0.1) is 23.7 Å². The Morgan fingerprint density at radius 3 is 2.03 bits per heavy atom. The van der Waals surface area contributed by atoms with E-state index in [-0.39, 0.29) is 53.8 Å². The summed E-state index contributed by atoms with van der Waals surface area (Å²) in [6, 6.07) is 6.73. The molecule has 1 aliphatic rings. The van der Waals surface area contributed by atoms with Crippen molar-refractivity contribution in [2.75, 3.05) is 69.1 Å². The van der Waals surface area contributed by atoms with Gasteiger partial charge in [0.1, 0.15) is 12.1 Å². The lowest BCUT2D eigenvalue weighted by Gasteiger charge is -2.41. The summed E-state index contributed by atoms with van der Waals surface area (Å²) in [7, 11) is 12.1. The van der Waals surface area contributed by atoms with Crippen LogP contribution in [0.2, 0.25) is 0 Å². The quantitative estimate of drug-likeness (QED) is 0.119. The van der Waals surface area contributed by atoms with E-state index >= 15 is 0 Å². The molecule has 61 heavy (non-hydrogen) atoms. The molecular formula is C46H81N7O8. The third-order valence-electron chi connectivity index (χ3n) is 12.4. The molecule has 0 radical (unpaired) electrons. The minimum Gasteiger partial charge on any atom is -0.439 e. The molecule has 10 atom stereocenters. The van der Waals surface area contributed by atoms with Gasteiger partial charge in [0.25, 0.3) is 0 Å². The molecule has 1 aromatic carbocycles. The molecule has 15 heteroatoms. The first-order valence-corrected chi connectivity index (χ1v) is 22.3. The fourth-order valence-electron chi connectivity index (χ4n) is 8.73. The Balaban J connectivity index is 2.29. The molecule has 1 fully saturated rings. The van der Waals surface area contributed by atoms with Gasteiger partial charge < -0.3 is 44.9 Å². The minimum atomic E-state index is -0.774. The Bertz CT molecular complexity index is 1510. The zero-order valence-corrected chi connectivity index (χ0v) is 40.0. The summed E-state index contributed by atoms with van der Waals surface area (Å²) in [6.07, 6.45) is 0.373. The molecule has 5 amide bonds. The Morgan fingerprint density at radius 2 is 1.51 bits per heavy atom. The number of likely N-dealkylation sites (N-methyl/N-ethyl adjacent to an activating group) is 2. The minimum absolute atomic E-state index is 0.00988. The second-order valence-electron chi connectivity index (χ2n) is 17.9. The monoisotopic (exact) mass is 860 g/mol. The van der Waals surface area contributed by atoms with E-state index in [1.54, 1.807) is 45.0 Å². The molecule has 15 nitrogen and oxygen atoms in total. The van der Waals surface area contributed by atoms with Crippen molar-refractivity contribution in [3.8, 4) is 0 Å². The van der Waals surface area contributed by atoms with Crippen LogP contribution in [0.5, 0.6) is 0 Å². The van der Waals surface area contributed by atoms with Gasteiger partial charge in [0.05, 0.1) is 48.7 Å². The highest BCUT2D eigenvalue weighted by molar-refractivity contribution is 5.90. The van der Waals surface area contributed by atoms with Crippen molar-refractivity contribution in [3.63, 3.8) is 0 Å². The number of likely N-dealkylation sites (tertiary alicyclic amines) is 1. The number of nitrogens with zero attached hydrogens (tertiary/aromatic N) is 4. The van der Waals surface area contributed by atoms with Crippen molar-refractivity contribution in [1.82, 2.24) is 35.6 Å². The van der Waals surface area contributed by atoms with Gasteiger partial charge in [0.2, 0.25) is 23.6 Å². The second kappa shape index (κ2) is 26.0. The van der Waals surface area contributed by atoms with E-state index in [0.717, 1.165) is 31.4 Å². The van der Waals surface area contributed by atoms with E-state index in [2.05, 4.69) is 16.0 Å². The highest BCUT2D eigenvalue weighted by atomic mass is 16.6. The third-order valence-corrected chi connectivity index (χ3v) is 12.4. The molecule has 0 bridgehead atoms. The third kappa shape index (κ3) is 14.9. The van der Waals surface area contributed by atoms with Gasteiger partial charge in [-0.25, -0.2) is 4.79 Å². The summed E-state index contributed by atoms with van der Waals surface area (Å²) in [4.78, 5) is 76.2. The van der Waals surface area contributed by atoms with E-state index in [1.807, 2.05) is 105 Å². The number of hydrogen-bond acceptors (Lipinski definition) is 10. The lowest BCUT2D eigenvalue weighted by atomic mass is 9.89. The number of amides is 5. The molecule has 1 saturated heterocycles. The number of benzene rings is 1. The Hall–Kier alpha value is -3.79. The summed E-state index contributed by atoms with van der Waals surface area (Å²) in [5.41, 5.74) is 0.750. The van der Waals surface area contributed by atoms with Gasteiger partial charge in [0.15, 0.2) is 0 Å². The molecule has 0 saturated carbocycles. The van der Waals surface area contributed by atoms with Crippen molar-refractivity contribution >= 4 is 29.7 Å². The predicted octanol–water partition coefficient (Wildman–Crippen LogP) is 4.56. The fraction of sp³-hybridized carbons (Fsp3) is 0.761. The zero-order valence-electron chi connectivity index (χ0n) is 40.0. The van der Waals surface area contributed by atoms with E-state index in [9.17, 15) is 24.0 Å². The molecule has 3 unspecified atom stereocenters. The van der Waals surface area contributed by atoms with E-state index < -0.39 is 54.5 Å². The standard InChI is InChI=1S/C46H81N7O8/c1-16-31(6)40(52(13)45(57)38(29(2)3)49-44(56)39(30(4)5)50(10)11)36(59-14)28-37(54)53-27-20-24-35(53)41(60-15)32(7)43(55)48-33(8)42(34-22-18-17-19-23-34)61-46(58)51(12)26-21-25-47-9/h17-19,22-23,29-33,35-36,38-42,47H,16,20-21,24-28H2,1-15H3,(H,48,55)(H,49,56)/t31-,32+,33+,35-,36?,38-,39?,40-,41+,42?/m0/s1. The van der Waals surface area contributed by atoms with Gasteiger partial charge in [-0.1, -0.05) is 85.2 Å². The van der Waals surface area contributed by atoms with Crippen LogP contribution in [0.3, 0.4) is 0 Å². The van der Waals surface area contributed by atoms with Crippen LogP contribution in [-0.4, -0.2) is 161 Å². The van der Waals surface area contributed by atoms with Crippen LogP contribution in [-0.2, 0) is 33.4 Å². The van der Waals surface area contributed by atoms with Crippen molar-refractivity contribution in [2.45, 2.75) is 136 Å². The van der Waals surface area contributed by atoms with E-state index in [0.29, 0.717) is 19.5 Å². The van der Waals surface area contributed by atoms with Crippen molar-refractivity contribution in [3.05, 3.63) is 35.9 Å². The lowest BCUT2D eigenvalue weighted by Crippen LogP contribution is -2.59. The molecule has 0 spiro atoms. The van der Waals surface area contributed by atoms with Crippen molar-refractivity contribution < 1.29 is 38.2 Å². The summed E-state index contributed by atoms with van der Waals surface area (Å²) in [5.74, 6) is -1.74. The van der Waals surface area contributed by atoms with Crippen LogP contribution < -0.4 is 16.0 Å². The number of nitrogens with one attached hydrogen (secondary N) is 3. The lowest BCUT2D eigenvalue weighted by molar-refractivity contribution is -0.148. The number of ether oxygens (including phenoxy) is 3. The van der Waals surface area contributed by atoms with Gasteiger partial charge >= 0.3 is 6.09 Å². The first kappa shape index (κ1) is 53.3. The zero-order chi connectivity index (χ0) is 46.1. The number of methoxy groups -OCH3 is 2. The topological polar surface area (TPSA) is 162 Å². The maximum atomic E-state index is 14.4. The van der Waals surface area contributed by atoms with Crippen LogP contribution in [0.4, 0.5) is 4.79 Å². The molecule has 348 valence electrons. The first-order valence-electron chi connectivity index (χ1n) is 22.3. The predicted molar refractivity (Wildman–Crippen MR) is 240 cm³/mol. The average Bonchev–Trinajstić information content (AvgIpc) is 3.70. The molecule has 1 aliphatic heterocycles. The summed E-state index contributed by atoms with van der Waals surface area (Å²) in [5, 5.41) is 9.21. The van der Waals surface area contributed by atoms with Gasteiger partial charge in [0, 0.05) is 41.4 Å². The van der Waals surface area contributed by atoms with Crippen molar-refractivity contribution in [2.24, 2.45) is 23.7 Å². The molecule has 1 aromatic rings. The molecule has 0 aromatic heterocycles. The van der Waals surface area contributed by atoms with E-state index in [4.69, 9.17) is 14.2 Å². The maximum Gasteiger partial charge on any atom is 0.410 e. The number of hydrogen-bond donors (Lipinski definition) is 3. The van der Waals surface area contributed by atoms with Crippen LogP contribution in [0.15, 0.2) is 30.3 Å². The van der Waals surface area contributed by atoms with Crippen LogP contribution in [0.1, 0.15) is 99.2 Å². The maximum absolute atomic E-state index is 14.4. The van der Waals surface area contributed by atoms with Crippen LogP contribution in [0.25, 0.3) is 0 Å². The Morgan fingerprint density at radius 1 is 0.869 bits per heavy atom. The molecule has 3 N–H and O–H groups in total. The second-order valence-corrected chi connectivity index (χ2v) is 17.9. The van der Waals surface area contributed by atoms with E-state index in [1.165, 1.54) is 4.90 Å². The molecule has 2 rings (SSSR count). The first-order chi connectivity index (χ1) is 28.8. The summed E-state index contributed by atoms with van der Waals surface area (Å²) < 4.78 is 18.1. The highest BCUT2D eigenvalue weighted by Crippen LogP contribution is 2.30. The van der Waals surface area contributed by atoms with Crippen molar-refractivity contribution in [1.29, 1.82) is 0 Å².